The van der Waals surface area contributed by atoms with Gasteiger partial charge in [-0.3, -0.25) is 14.5 Å². The van der Waals surface area contributed by atoms with Gasteiger partial charge in [-0.1, -0.05) is 46.9 Å². The minimum Gasteiger partial charge on any atom is -0.380 e. The van der Waals surface area contributed by atoms with Gasteiger partial charge < -0.3 is 20.2 Å². The molecule has 3 saturated heterocycles. The molecule has 3 fully saturated rings. The lowest BCUT2D eigenvalue weighted by Gasteiger charge is -2.48. The van der Waals surface area contributed by atoms with E-state index < -0.39 is 30.5 Å². The molecule has 40 heavy (non-hydrogen) atoms. The molecule has 0 aliphatic carbocycles. The summed E-state index contributed by atoms with van der Waals surface area (Å²) >= 11 is 18.7. The van der Waals surface area contributed by atoms with Gasteiger partial charge in [0.1, 0.15) is 0 Å². The Labute approximate surface area is 253 Å². The number of hydrogen-bond donors (Lipinski definition) is 2. The third-order valence-corrected chi connectivity index (χ3v) is 8.57. The first-order chi connectivity index (χ1) is 18.3. The Bertz CT molecular complexity index is 1260. The number of carbonyl (C=O) groups is 2. The zero-order valence-corrected chi connectivity index (χ0v) is 25.0. The molecule has 7 nitrogen and oxygen atoms in total. The Morgan fingerprint density at radius 2 is 1.62 bits per heavy atom. The van der Waals surface area contributed by atoms with Crippen LogP contribution in [0, 0.1) is 0 Å². The van der Waals surface area contributed by atoms with Crippen molar-refractivity contribution in [3.05, 3.63) is 62.6 Å². The topological polar surface area (TPSA) is 76.1 Å². The van der Waals surface area contributed by atoms with Crippen molar-refractivity contribution in [2.24, 2.45) is 0 Å². The Kier molecular flexibility index (Phi) is 9.19. The fourth-order valence-corrected chi connectivity index (χ4v) is 6.31. The second-order valence-electron chi connectivity index (χ2n) is 10.7. The van der Waals surface area contributed by atoms with Crippen LogP contribution in [0.1, 0.15) is 35.7 Å². The van der Waals surface area contributed by atoms with E-state index in [0.29, 0.717) is 35.4 Å². The lowest BCUT2D eigenvalue weighted by molar-refractivity contribution is -0.152. The molecule has 0 spiro atoms. The van der Waals surface area contributed by atoms with E-state index >= 15 is 0 Å². The zero-order valence-electron chi connectivity index (χ0n) is 21.8. The molecule has 5 rings (SSSR count). The highest BCUT2D eigenvalue weighted by molar-refractivity contribution is 7.59. The Morgan fingerprint density at radius 3 is 2.17 bits per heavy atom. The number of alkyl halides is 2. The van der Waals surface area contributed by atoms with Crippen LogP contribution in [-0.2, 0) is 10.4 Å². The predicted octanol–water partition coefficient (Wildman–Crippen LogP) is 4.85. The standard InChI is InChI=1S/C27H29Cl3F2N4O3.H2S/c1-26(39,16-3-2-4-17(28)9-16)25(38)34-7-5-20(6-8-34)35-12-19(13-35)33-18-10-21(29)23(22(30)11-18)24(37)36-14-27(31,32)15-36;/h2-4,9-11,19-20,33,39H,5-8,12-15H2,1H3;1H2/t26-;/m0./s1. The van der Waals surface area contributed by atoms with Crippen molar-refractivity contribution in [3.63, 3.8) is 0 Å². The molecular formula is C27H31Cl3F2N4O3S. The first-order valence-corrected chi connectivity index (χ1v) is 13.9. The van der Waals surface area contributed by atoms with Crippen LogP contribution < -0.4 is 5.32 Å². The number of hydrogen-bond acceptors (Lipinski definition) is 5. The quantitative estimate of drug-likeness (QED) is 0.475. The largest absolute Gasteiger partial charge is 0.380 e. The summed E-state index contributed by atoms with van der Waals surface area (Å²) in [6.45, 7) is 2.92. The fourth-order valence-electron chi connectivity index (χ4n) is 5.47. The summed E-state index contributed by atoms with van der Waals surface area (Å²) < 4.78 is 26.3. The van der Waals surface area contributed by atoms with Gasteiger partial charge >= 0.3 is 0 Å². The normalized spacial score (nSPS) is 21.1. The summed E-state index contributed by atoms with van der Waals surface area (Å²) in [7, 11) is 0. The summed E-state index contributed by atoms with van der Waals surface area (Å²) in [6.07, 6.45) is 1.60. The van der Waals surface area contributed by atoms with E-state index in [9.17, 15) is 23.5 Å². The van der Waals surface area contributed by atoms with Gasteiger partial charge in [-0.05, 0) is 49.6 Å². The number of aliphatic hydroxyl groups is 1. The summed E-state index contributed by atoms with van der Waals surface area (Å²) in [5, 5.41) is 15.0. The number of carbonyl (C=O) groups excluding carboxylic acids is 2. The third kappa shape index (κ3) is 6.32. The fraction of sp³-hybridized carbons (Fsp3) is 0.481. The highest BCUT2D eigenvalue weighted by Crippen LogP contribution is 2.35. The molecule has 0 saturated carbocycles. The van der Waals surface area contributed by atoms with E-state index in [0.717, 1.165) is 30.8 Å². The highest BCUT2D eigenvalue weighted by Gasteiger charge is 2.47. The maximum atomic E-state index is 13.2. The summed E-state index contributed by atoms with van der Waals surface area (Å²) in [6, 6.07) is 10.4. The number of amides is 2. The number of nitrogens with zero attached hydrogens (tertiary/aromatic N) is 3. The second-order valence-corrected chi connectivity index (χ2v) is 12.0. The average Bonchev–Trinajstić information content (AvgIpc) is 2.83. The van der Waals surface area contributed by atoms with E-state index in [1.54, 1.807) is 41.3 Å². The molecule has 3 heterocycles. The van der Waals surface area contributed by atoms with Crippen molar-refractivity contribution >= 4 is 65.8 Å². The van der Waals surface area contributed by atoms with Gasteiger partial charge in [0.2, 0.25) is 0 Å². The molecule has 2 aromatic rings. The van der Waals surface area contributed by atoms with E-state index in [-0.39, 0.29) is 41.1 Å². The van der Waals surface area contributed by atoms with Gasteiger partial charge in [0.25, 0.3) is 17.7 Å². The molecule has 3 aliphatic rings. The van der Waals surface area contributed by atoms with E-state index in [1.807, 2.05) is 0 Å². The average molecular weight is 636 g/mol. The summed E-state index contributed by atoms with van der Waals surface area (Å²) in [5.41, 5.74) is -0.487. The minimum atomic E-state index is -2.87. The number of benzene rings is 2. The highest BCUT2D eigenvalue weighted by atomic mass is 35.5. The van der Waals surface area contributed by atoms with Crippen molar-refractivity contribution in [2.75, 3.05) is 44.6 Å². The maximum Gasteiger partial charge on any atom is 0.282 e. The first-order valence-electron chi connectivity index (χ1n) is 12.8. The van der Waals surface area contributed by atoms with Crippen LogP contribution >= 0.6 is 48.3 Å². The molecule has 0 aromatic heterocycles. The van der Waals surface area contributed by atoms with Crippen molar-refractivity contribution in [3.8, 4) is 0 Å². The lowest BCUT2D eigenvalue weighted by atomic mass is 9.92. The SMILES string of the molecule is C[C@@](O)(C(=O)N1CCC(N2CC(Nc3cc(Cl)c(C(=O)N4CC(F)(F)C4)c(Cl)c3)C2)CC1)c1cccc(Cl)c1.S. The van der Waals surface area contributed by atoms with Gasteiger partial charge in [0, 0.05) is 42.9 Å². The Morgan fingerprint density at radius 1 is 1.02 bits per heavy atom. The molecule has 13 heteroatoms. The van der Waals surface area contributed by atoms with Gasteiger partial charge in [-0.2, -0.15) is 13.5 Å². The van der Waals surface area contributed by atoms with Crippen molar-refractivity contribution in [1.82, 2.24) is 14.7 Å². The van der Waals surface area contributed by atoms with Crippen LogP contribution in [0.4, 0.5) is 14.5 Å². The smallest absolute Gasteiger partial charge is 0.282 e. The number of likely N-dealkylation sites (tertiary alicyclic amines) is 3. The predicted molar refractivity (Wildman–Crippen MR) is 157 cm³/mol. The molecular weight excluding hydrogens is 605 g/mol. The number of halogens is 5. The molecule has 218 valence electrons. The van der Waals surface area contributed by atoms with Crippen molar-refractivity contribution in [2.45, 2.75) is 43.4 Å². The molecule has 3 aliphatic heterocycles. The van der Waals surface area contributed by atoms with Crippen LogP contribution in [0.3, 0.4) is 0 Å². The number of rotatable bonds is 6. The maximum absolute atomic E-state index is 13.2. The van der Waals surface area contributed by atoms with E-state index in [1.165, 1.54) is 6.92 Å². The molecule has 2 aromatic carbocycles. The second kappa shape index (κ2) is 11.8. The molecule has 1 atom stereocenters. The summed E-state index contributed by atoms with van der Waals surface area (Å²) in [4.78, 5) is 30.7. The van der Waals surface area contributed by atoms with Crippen LogP contribution in [0.5, 0.6) is 0 Å². The molecule has 0 radical (unpaired) electrons. The van der Waals surface area contributed by atoms with Crippen LogP contribution in [0.15, 0.2) is 36.4 Å². The number of piperidine rings is 1. The number of nitrogens with one attached hydrogen (secondary N) is 1. The number of anilines is 1. The first kappa shape index (κ1) is 31.1. The third-order valence-electron chi connectivity index (χ3n) is 7.74. The Balaban J connectivity index is 0.00000370. The van der Waals surface area contributed by atoms with Gasteiger partial charge in [-0.25, -0.2) is 8.78 Å². The monoisotopic (exact) mass is 634 g/mol. The van der Waals surface area contributed by atoms with Crippen molar-refractivity contribution < 1.29 is 23.5 Å². The van der Waals surface area contributed by atoms with Crippen LogP contribution in [0.2, 0.25) is 15.1 Å². The van der Waals surface area contributed by atoms with E-state index in [2.05, 4.69) is 10.2 Å². The summed E-state index contributed by atoms with van der Waals surface area (Å²) in [5.74, 6) is -3.80. The van der Waals surface area contributed by atoms with Gasteiger partial charge in [-0.15, -0.1) is 0 Å². The Hall–Kier alpha value is -1.82. The van der Waals surface area contributed by atoms with Gasteiger partial charge in [0.05, 0.1) is 34.7 Å². The molecule has 2 N–H and O–H groups in total. The molecule has 2 amide bonds. The minimum absolute atomic E-state index is 0. The van der Waals surface area contributed by atoms with Gasteiger partial charge in [0.15, 0.2) is 5.60 Å². The zero-order chi connectivity index (χ0) is 28.1. The van der Waals surface area contributed by atoms with E-state index in [4.69, 9.17) is 34.8 Å². The molecule has 0 bridgehead atoms. The molecule has 0 unspecified atom stereocenters. The lowest BCUT2D eigenvalue weighted by Crippen LogP contribution is -2.61. The van der Waals surface area contributed by atoms with Crippen molar-refractivity contribution in [1.29, 1.82) is 0 Å². The van der Waals surface area contributed by atoms with Crippen LogP contribution in [0.25, 0.3) is 0 Å². The van der Waals surface area contributed by atoms with Crippen LogP contribution in [-0.4, -0.2) is 88.9 Å².